The lowest BCUT2D eigenvalue weighted by atomic mass is 10.1. The molecule has 0 saturated heterocycles. The average molecular weight is 202 g/mol. The van der Waals surface area contributed by atoms with E-state index in [0.717, 1.165) is 12.0 Å². The lowest BCUT2D eigenvalue weighted by Crippen LogP contribution is -1.74. The predicted octanol–water partition coefficient (Wildman–Crippen LogP) is 3.73. The van der Waals surface area contributed by atoms with Crippen LogP contribution < -0.4 is 0 Å². The second-order valence-electron chi connectivity index (χ2n) is 3.16. The summed E-state index contributed by atoms with van der Waals surface area (Å²) in [5.41, 5.74) is 3.70. The molecule has 0 radical (unpaired) electrons. The summed E-state index contributed by atoms with van der Waals surface area (Å²) in [4.78, 5) is 0. The molecule has 0 amide bonds. The van der Waals surface area contributed by atoms with Crippen molar-refractivity contribution in [3.63, 3.8) is 0 Å². The van der Waals surface area contributed by atoms with Crippen molar-refractivity contribution in [3.8, 4) is 0 Å². The molecular formula is C13H18N2. The van der Waals surface area contributed by atoms with E-state index in [0.29, 0.717) is 0 Å². The van der Waals surface area contributed by atoms with Crippen molar-refractivity contribution >= 4 is 5.57 Å². The van der Waals surface area contributed by atoms with Gasteiger partial charge in [0.15, 0.2) is 0 Å². The highest BCUT2D eigenvalue weighted by atomic mass is 15.1. The maximum absolute atomic E-state index is 3.93. The fourth-order valence-electron chi connectivity index (χ4n) is 1.35. The number of aromatic amines is 1. The molecule has 1 N–H and O–H groups in total. The van der Waals surface area contributed by atoms with Crippen molar-refractivity contribution in [2.24, 2.45) is 0 Å². The number of rotatable bonds is 1. The average Bonchev–Trinajstić information content (AvgIpc) is 2.72. The summed E-state index contributed by atoms with van der Waals surface area (Å²) in [5, 5.41) is 6.75. The van der Waals surface area contributed by atoms with Crippen LogP contribution in [0.5, 0.6) is 0 Å². The minimum Gasteiger partial charge on any atom is -0.285 e. The lowest BCUT2D eigenvalue weighted by molar-refractivity contribution is 1.09. The molecule has 0 fully saturated rings. The minimum atomic E-state index is 0.999. The molecule has 2 heteroatoms. The fraction of sp³-hybridized carbons (Fsp3) is 0.308. The molecule has 0 bridgehead atoms. The second-order valence-corrected chi connectivity index (χ2v) is 3.16. The van der Waals surface area contributed by atoms with E-state index < -0.39 is 0 Å². The number of H-pyrrole nitrogens is 1. The number of nitrogens with zero attached hydrogens (tertiary/aromatic N) is 1. The normalized spacial score (nSPS) is 14.6. The van der Waals surface area contributed by atoms with Gasteiger partial charge in [0.05, 0.1) is 6.20 Å². The van der Waals surface area contributed by atoms with Gasteiger partial charge in [0, 0.05) is 11.8 Å². The summed E-state index contributed by atoms with van der Waals surface area (Å²) in [5.74, 6) is 0. The van der Waals surface area contributed by atoms with Crippen molar-refractivity contribution in [2.75, 3.05) is 0 Å². The number of aromatic nitrogens is 2. The van der Waals surface area contributed by atoms with Gasteiger partial charge in [-0.25, -0.2) is 0 Å². The molecule has 0 aromatic carbocycles. The van der Waals surface area contributed by atoms with Gasteiger partial charge in [0.1, 0.15) is 0 Å². The van der Waals surface area contributed by atoms with Crippen molar-refractivity contribution in [1.82, 2.24) is 10.2 Å². The van der Waals surface area contributed by atoms with Crippen molar-refractivity contribution in [3.05, 3.63) is 47.8 Å². The van der Waals surface area contributed by atoms with Crippen LogP contribution >= 0.6 is 0 Å². The van der Waals surface area contributed by atoms with Crippen molar-refractivity contribution in [2.45, 2.75) is 27.2 Å². The molecule has 0 saturated carbocycles. The van der Waals surface area contributed by atoms with E-state index in [2.05, 4.69) is 41.4 Å². The molecule has 1 heterocycles. The summed E-state index contributed by atoms with van der Waals surface area (Å²) in [6.07, 6.45) is 13.4. The summed E-state index contributed by atoms with van der Waals surface area (Å²) >= 11 is 0. The van der Waals surface area contributed by atoms with Crippen LogP contribution in [0.3, 0.4) is 0 Å². The Morgan fingerprint density at radius 2 is 2.00 bits per heavy atom. The second kappa shape index (κ2) is 6.02. The number of nitrogens with one attached hydrogen (secondary N) is 1. The van der Waals surface area contributed by atoms with E-state index in [9.17, 15) is 0 Å². The smallest absolute Gasteiger partial charge is 0.0565 e. The van der Waals surface area contributed by atoms with Gasteiger partial charge in [-0.1, -0.05) is 43.7 Å². The maximum Gasteiger partial charge on any atom is 0.0565 e. The van der Waals surface area contributed by atoms with E-state index in [1.165, 1.54) is 11.1 Å². The molecule has 1 aliphatic carbocycles. The van der Waals surface area contributed by atoms with Crippen molar-refractivity contribution in [1.29, 1.82) is 0 Å². The van der Waals surface area contributed by atoms with Crippen LogP contribution in [-0.4, -0.2) is 10.2 Å². The molecule has 15 heavy (non-hydrogen) atoms. The highest BCUT2D eigenvalue weighted by Crippen LogP contribution is 2.18. The quantitative estimate of drug-likeness (QED) is 0.738. The number of allylic oxidation sites excluding steroid dienone is 6. The molecule has 2 nitrogen and oxygen atoms in total. The molecule has 0 atom stereocenters. The molecule has 80 valence electrons. The predicted molar refractivity (Wildman–Crippen MR) is 65.4 cm³/mol. The van der Waals surface area contributed by atoms with E-state index >= 15 is 0 Å². The Kier molecular flexibility index (Phi) is 4.61. The van der Waals surface area contributed by atoms with E-state index in [1.54, 1.807) is 0 Å². The van der Waals surface area contributed by atoms with Gasteiger partial charge < -0.3 is 0 Å². The first-order valence-electron chi connectivity index (χ1n) is 5.40. The first kappa shape index (κ1) is 11.5. The molecule has 0 spiro atoms. The van der Waals surface area contributed by atoms with Crippen LogP contribution in [0.15, 0.2) is 42.3 Å². The largest absolute Gasteiger partial charge is 0.285 e. The standard InChI is InChI=1S/C11H12N2.C2H6/c1-9-3-2-4-10(6-5-9)11-7-12-13-8-11;1-2/h3-8H,2H2,1H3,(H,12,13);1-2H3. The van der Waals surface area contributed by atoms with Gasteiger partial charge in [0.25, 0.3) is 0 Å². The third-order valence-electron chi connectivity index (χ3n) is 2.13. The summed E-state index contributed by atoms with van der Waals surface area (Å²) in [6, 6.07) is 0. The topological polar surface area (TPSA) is 28.7 Å². The molecule has 2 rings (SSSR count). The monoisotopic (exact) mass is 202 g/mol. The SMILES string of the molecule is CC.CC1=CCC=C(c2cn[nH]c2)C=C1. The van der Waals surface area contributed by atoms with Gasteiger partial charge in [-0.05, 0) is 18.9 Å². The van der Waals surface area contributed by atoms with Crippen LogP contribution in [0.25, 0.3) is 5.57 Å². The zero-order chi connectivity index (χ0) is 11.1. The third-order valence-corrected chi connectivity index (χ3v) is 2.13. The van der Waals surface area contributed by atoms with Gasteiger partial charge in [0.2, 0.25) is 0 Å². The fourth-order valence-corrected chi connectivity index (χ4v) is 1.35. The van der Waals surface area contributed by atoms with Crippen LogP contribution in [-0.2, 0) is 0 Å². The van der Waals surface area contributed by atoms with Crippen LogP contribution in [0.4, 0.5) is 0 Å². The summed E-state index contributed by atoms with van der Waals surface area (Å²) < 4.78 is 0. The first-order valence-corrected chi connectivity index (χ1v) is 5.40. The molecule has 1 aliphatic rings. The Morgan fingerprint density at radius 1 is 1.20 bits per heavy atom. The zero-order valence-electron chi connectivity index (χ0n) is 9.62. The molecule has 0 aliphatic heterocycles. The Labute approximate surface area is 91.4 Å². The summed E-state index contributed by atoms with van der Waals surface area (Å²) in [6.45, 7) is 6.11. The van der Waals surface area contributed by atoms with Crippen LogP contribution in [0, 0.1) is 0 Å². The lowest BCUT2D eigenvalue weighted by Gasteiger charge is -1.94. The van der Waals surface area contributed by atoms with Gasteiger partial charge >= 0.3 is 0 Å². The minimum absolute atomic E-state index is 0.999. The van der Waals surface area contributed by atoms with E-state index in [4.69, 9.17) is 0 Å². The Bertz CT molecular complexity index is 367. The highest BCUT2D eigenvalue weighted by molar-refractivity contribution is 5.74. The molecular weight excluding hydrogens is 184 g/mol. The highest BCUT2D eigenvalue weighted by Gasteiger charge is 1.99. The molecule has 0 unspecified atom stereocenters. The maximum atomic E-state index is 3.93. The Morgan fingerprint density at radius 3 is 2.67 bits per heavy atom. The van der Waals surface area contributed by atoms with Crippen molar-refractivity contribution < 1.29 is 0 Å². The van der Waals surface area contributed by atoms with E-state index in [1.807, 2.05) is 26.2 Å². The third kappa shape index (κ3) is 3.24. The van der Waals surface area contributed by atoms with Crippen LogP contribution in [0.1, 0.15) is 32.8 Å². The first-order chi connectivity index (χ1) is 7.36. The van der Waals surface area contributed by atoms with Gasteiger partial charge in [-0.2, -0.15) is 5.10 Å². The zero-order valence-corrected chi connectivity index (χ0v) is 9.62. The summed E-state index contributed by atoms with van der Waals surface area (Å²) in [7, 11) is 0. The van der Waals surface area contributed by atoms with Crippen LogP contribution in [0.2, 0.25) is 0 Å². The van der Waals surface area contributed by atoms with Gasteiger partial charge in [-0.15, -0.1) is 0 Å². The molecule has 1 aromatic rings. The molecule has 1 aromatic heterocycles. The number of hydrogen-bond donors (Lipinski definition) is 1. The van der Waals surface area contributed by atoms with Gasteiger partial charge in [-0.3, -0.25) is 5.10 Å². The Hall–Kier alpha value is -1.57. The Balaban J connectivity index is 0.000000531. The van der Waals surface area contributed by atoms with E-state index in [-0.39, 0.29) is 0 Å². The number of hydrogen-bond acceptors (Lipinski definition) is 1.